The topological polar surface area (TPSA) is 23.8 Å². The van der Waals surface area contributed by atoms with Gasteiger partial charge in [-0.25, -0.2) is 0 Å². The van der Waals surface area contributed by atoms with Crippen LogP contribution in [0.15, 0.2) is 24.3 Å². The lowest BCUT2D eigenvalue weighted by Gasteiger charge is -2.00. The molecule has 0 fully saturated rings. The van der Waals surface area contributed by atoms with Crippen LogP contribution in [0.2, 0.25) is 0 Å². The molecule has 10 heavy (non-hydrogen) atoms. The number of nitriles is 1. The largest absolute Gasteiger partial charge is 0.198 e. The molecule has 0 N–H and O–H groups in total. The van der Waals surface area contributed by atoms with E-state index in [4.69, 9.17) is 5.26 Å². The van der Waals surface area contributed by atoms with Crippen LogP contribution < -0.4 is 0 Å². The van der Waals surface area contributed by atoms with Crippen LogP contribution in [0.25, 0.3) is 0 Å². The first-order valence-electron chi connectivity index (χ1n) is 3.65. The van der Waals surface area contributed by atoms with Crippen LogP contribution in [0.5, 0.6) is 0 Å². The van der Waals surface area contributed by atoms with E-state index >= 15 is 0 Å². The SMILES string of the molecule is N#CCCCC1C=CC=C1. The van der Waals surface area contributed by atoms with Gasteiger partial charge in [0.2, 0.25) is 0 Å². The third-order valence-electron chi connectivity index (χ3n) is 1.65. The van der Waals surface area contributed by atoms with Crippen molar-refractivity contribution in [3.8, 4) is 6.07 Å². The molecule has 0 aliphatic heterocycles. The Kier molecular flexibility index (Phi) is 2.76. The van der Waals surface area contributed by atoms with E-state index in [1.165, 1.54) is 0 Å². The number of allylic oxidation sites excluding steroid dienone is 4. The third-order valence-corrected chi connectivity index (χ3v) is 1.65. The van der Waals surface area contributed by atoms with Crippen molar-refractivity contribution in [2.75, 3.05) is 0 Å². The van der Waals surface area contributed by atoms with Crippen molar-refractivity contribution in [3.63, 3.8) is 0 Å². The second-order valence-corrected chi connectivity index (χ2v) is 2.48. The first kappa shape index (κ1) is 7.08. The van der Waals surface area contributed by atoms with Crippen molar-refractivity contribution in [2.24, 2.45) is 5.92 Å². The van der Waals surface area contributed by atoms with Crippen molar-refractivity contribution in [1.29, 1.82) is 5.26 Å². The summed E-state index contributed by atoms with van der Waals surface area (Å²) in [4.78, 5) is 0. The van der Waals surface area contributed by atoms with Gasteiger partial charge in [-0.05, 0) is 18.8 Å². The lowest BCUT2D eigenvalue weighted by atomic mass is 10.0. The molecule has 1 rings (SSSR count). The Hall–Kier alpha value is -1.03. The summed E-state index contributed by atoms with van der Waals surface area (Å²) in [5, 5.41) is 8.25. The molecule has 0 unspecified atom stereocenters. The van der Waals surface area contributed by atoms with Gasteiger partial charge in [0.15, 0.2) is 0 Å². The molecule has 0 aromatic heterocycles. The highest BCUT2D eigenvalue weighted by atomic mass is 14.2. The van der Waals surface area contributed by atoms with E-state index in [0.29, 0.717) is 12.3 Å². The Balaban J connectivity index is 2.10. The Morgan fingerprint density at radius 2 is 2.00 bits per heavy atom. The molecule has 0 saturated heterocycles. The molecule has 1 heteroatoms. The molecule has 1 nitrogen and oxygen atoms in total. The van der Waals surface area contributed by atoms with Crippen molar-refractivity contribution in [2.45, 2.75) is 19.3 Å². The van der Waals surface area contributed by atoms with Crippen molar-refractivity contribution < 1.29 is 0 Å². The highest BCUT2D eigenvalue weighted by molar-refractivity contribution is 5.17. The maximum atomic E-state index is 8.25. The fourth-order valence-electron chi connectivity index (χ4n) is 1.09. The van der Waals surface area contributed by atoms with E-state index in [1.54, 1.807) is 0 Å². The first-order valence-corrected chi connectivity index (χ1v) is 3.65. The average molecular weight is 133 g/mol. The summed E-state index contributed by atoms with van der Waals surface area (Å²) in [5.74, 6) is 0.605. The van der Waals surface area contributed by atoms with Gasteiger partial charge in [-0.3, -0.25) is 0 Å². The zero-order valence-corrected chi connectivity index (χ0v) is 5.96. The predicted molar refractivity (Wildman–Crippen MR) is 41.2 cm³/mol. The fourth-order valence-corrected chi connectivity index (χ4v) is 1.09. The Bertz CT molecular complexity index is 171. The maximum absolute atomic E-state index is 8.25. The molecule has 1 aliphatic carbocycles. The number of hydrogen-bond donors (Lipinski definition) is 0. The van der Waals surface area contributed by atoms with Crippen molar-refractivity contribution in [1.82, 2.24) is 0 Å². The Labute approximate surface area is 61.7 Å². The zero-order valence-electron chi connectivity index (χ0n) is 5.96. The monoisotopic (exact) mass is 133 g/mol. The standard InChI is InChI=1S/C9H11N/c10-8-4-3-7-9-5-1-2-6-9/h1-2,5-6,9H,3-4,7H2. The molecule has 0 radical (unpaired) electrons. The average Bonchev–Trinajstić information content (AvgIpc) is 2.41. The van der Waals surface area contributed by atoms with E-state index in [0.717, 1.165) is 12.8 Å². The van der Waals surface area contributed by atoms with Crippen LogP contribution in [0.3, 0.4) is 0 Å². The molecule has 0 amide bonds. The van der Waals surface area contributed by atoms with Gasteiger partial charge >= 0.3 is 0 Å². The summed E-state index contributed by atoms with van der Waals surface area (Å²) in [5.41, 5.74) is 0. The maximum Gasteiger partial charge on any atom is 0.0621 e. The lowest BCUT2D eigenvalue weighted by Crippen LogP contribution is -1.87. The second kappa shape index (κ2) is 3.90. The summed E-state index contributed by atoms with van der Waals surface area (Å²) in [6.07, 6.45) is 11.3. The van der Waals surface area contributed by atoms with Crippen molar-refractivity contribution >= 4 is 0 Å². The third kappa shape index (κ3) is 2.06. The number of hydrogen-bond acceptors (Lipinski definition) is 1. The van der Waals surface area contributed by atoms with Gasteiger partial charge in [0, 0.05) is 6.42 Å². The van der Waals surface area contributed by atoms with Crippen LogP contribution >= 0.6 is 0 Å². The minimum Gasteiger partial charge on any atom is -0.198 e. The predicted octanol–water partition coefficient (Wildman–Crippen LogP) is 2.42. The highest BCUT2D eigenvalue weighted by Gasteiger charge is 2.01. The van der Waals surface area contributed by atoms with Gasteiger partial charge in [0.25, 0.3) is 0 Å². The molecule has 0 bridgehead atoms. The molecule has 0 spiro atoms. The number of unbranched alkanes of at least 4 members (excludes halogenated alkanes) is 1. The van der Waals surface area contributed by atoms with Gasteiger partial charge in [0.05, 0.1) is 6.07 Å². The van der Waals surface area contributed by atoms with Crippen LogP contribution in [0.1, 0.15) is 19.3 Å². The van der Waals surface area contributed by atoms with E-state index in [9.17, 15) is 0 Å². The molecule has 0 saturated carbocycles. The molecule has 0 aromatic carbocycles. The van der Waals surface area contributed by atoms with Gasteiger partial charge in [-0.1, -0.05) is 24.3 Å². The molecule has 52 valence electrons. The normalized spacial score (nSPS) is 15.9. The summed E-state index contributed by atoms with van der Waals surface area (Å²) in [6, 6.07) is 2.14. The highest BCUT2D eigenvalue weighted by Crippen LogP contribution is 2.15. The van der Waals surface area contributed by atoms with Crippen LogP contribution in [0.4, 0.5) is 0 Å². The van der Waals surface area contributed by atoms with Crippen molar-refractivity contribution in [3.05, 3.63) is 24.3 Å². The van der Waals surface area contributed by atoms with E-state index in [-0.39, 0.29) is 0 Å². The molecule has 1 aliphatic rings. The summed E-state index contributed by atoms with van der Waals surface area (Å²) in [7, 11) is 0. The quantitative estimate of drug-likeness (QED) is 0.542. The minimum absolute atomic E-state index is 0.605. The molecular formula is C9H11N. The van der Waals surface area contributed by atoms with Crippen LogP contribution in [0, 0.1) is 17.2 Å². The van der Waals surface area contributed by atoms with E-state index in [1.807, 2.05) is 0 Å². The summed E-state index contributed by atoms with van der Waals surface area (Å²) >= 11 is 0. The molecule has 0 atom stereocenters. The van der Waals surface area contributed by atoms with Crippen LogP contribution in [-0.2, 0) is 0 Å². The Morgan fingerprint density at radius 1 is 1.30 bits per heavy atom. The van der Waals surface area contributed by atoms with Gasteiger partial charge in [-0.2, -0.15) is 5.26 Å². The van der Waals surface area contributed by atoms with Crippen LogP contribution in [-0.4, -0.2) is 0 Å². The smallest absolute Gasteiger partial charge is 0.0621 e. The van der Waals surface area contributed by atoms with Gasteiger partial charge in [0.1, 0.15) is 0 Å². The zero-order chi connectivity index (χ0) is 7.23. The summed E-state index contributed by atoms with van der Waals surface area (Å²) in [6.45, 7) is 0. The van der Waals surface area contributed by atoms with Gasteiger partial charge in [-0.15, -0.1) is 0 Å². The van der Waals surface area contributed by atoms with Gasteiger partial charge < -0.3 is 0 Å². The minimum atomic E-state index is 0.605. The van der Waals surface area contributed by atoms with E-state index in [2.05, 4.69) is 30.4 Å². The second-order valence-electron chi connectivity index (χ2n) is 2.48. The molecule has 0 aromatic rings. The van der Waals surface area contributed by atoms with E-state index < -0.39 is 0 Å². The molecule has 0 heterocycles. The molecular weight excluding hydrogens is 122 g/mol. The first-order chi connectivity index (χ1) is 4.93. The Morgan fingerprint density at radius 3 is 2.60 bits per heavy atom. The summed E-state index contributed by atoms with van der Waals surface area (Å²) < 4.78 is 0. The fraction of sp³-hybridized carbons (Fsp3) is 0.444. The lowest BCUT2D eigenvalue weighted by molar-refractivity contribution is 0.670. The number of nitrogens with zero attached hydrogens (tertiary/aromatic N) is 1. The number of rotatable bonds is 3.